The Balaban J connectivity index is 2.34. The van der Waals surface area contributed by atoms with Crippen molar-refractivity contribution >= 4 is 16.9 Å². The minimum Gasteiger partial charge on any atom is -0.477 e. The Morgan fingerprint density at radius 3 is 2.73 bits per heavy atom. The molecule has 0 aliphatic heterocycles. The van der Waals surface area contributed by atoms with E-state index in [1.807, 2.05) is 0 Å². The molecule has 0 bridgehead atoms. The minimum absolute atomic E-state index is 0.0806. The molecule has 115 valence electrons. The fourth-order valence-electron chi connectivity index (χ4n) is 2.35. The summed E-state index contributed by atoms with van der Waals surface area (Å²) in [5.41, 5.74) is -1.48. The molecule has 3 rings (SSSR count). The Morgan fingerprint density at radius 2 is 2.18 bits per heavy atom. The SMILES string of the molecule is O=C(O)c1cn([C@@H]2C[C@@H]2F)c2c(OC(F)F)[c]ccc2c1=O. The summed E-state index contributed by atoms with van der Waals surface area (Å²) in [5.74, 6) is -1.89. The summed E-state index contributed by atoms with van der Waals surface area (Å²) in [6.45, 7) is -3.15. The van der Waals surface area contributed by atoms with Crippen molar-refractivity contribution in [2.45, 2.75) is 25.2 Å². The molecular weight excluding hydrogens is 303 g/mol. The third-order valence-corrected chi connectivity index (χ3v) is 3.43. The molecule has 2 atom stereocenters. The third-order valence-electron chi connectivity index (χ3n) is 3.43. The number of rotatable bonds is 4. The van der Waals surface area contributed by atoms with Crippen LogP contribution < -0.4 is 10.2 Å². The number of alkyl halides is 3. The first-order valence-corrected chi connectivity index (χ1v) is 6.32. The van der Waals surface area contributed by atoms with Crippen molar-refractivity contribution < 1.29 is 27.8 Å². The Morgan fingerprint density at radius 1 is 1.50 bits per heavy atom. The highest BCUT2D eigenvalue weighted by Crippen LogP contribution is 2.42. The van der Waals surface area contributed by atoms with E-state index in [0.717, 1.165) is 6.20 Å². The summed E-state index contributed by atoms with van der Waals surface area (Å²) in [7, 11) is 0. The lowest BCUT2D eigenvalue weighted by Crippen LogP contribution is -2.19. The van der Waals surface area contributed by atoms with E-state index in [0.29, 0.717) is 0 Å². The number of benzene rings is 1. The van der Waals surface area contributed by atoms with Gasteiger partial charge in [-0.1, -0.05) is 0 Å². The van der Waals surface area contributed by atoms with Gasteiger partial charge in [-0.3, -0.25) is 4.79 Å². The molecule has 1 heterocycles. The largest absolute Gasteiger partial charge is 0.477 e. The maximum atomic E-state index is 13.4. The molecule has 0 amide bonds. The number of fused-ring (bicyclic) bond motifs is 1. The first-order chi connectivity index (χ1) is 10.4. The number of ether oxygens (including phenoxy) is 1. The molecule has 1 aromatic carbocycles. The molecule has 1 N–H and O–H groups in total. The average Bonchev–Trinajstić information content (AvgIpc) is 3.16. The summed E-state index contributed by atoms with van der Waals surface area (Å²) in [4.78, 5) is 23.3. The summed E-state index contributed by atoms with van der Waals surface area (Å²) in [6.07, 6.45) is -0.157. The maximum absolute atomic E-state index is 13.4. The second-order valence-electron chi connectivity index (χ2n) is 4.85. The van der Waals surface area contributed by atoms with Gasteiger partial charge >= 0.3 is 12.6 Å². The summed E-state index contributed by atoms with van der Waals surface area (Å²) in [6, 6.07) is 4.14. The molecule has 1 aromatic heterocycles. The number of pyridine rings is 1. The van der Waals surface area contributed by atoms with Crippen molar-refractivity contribution in [3.8, 4) is 5.75 Å². The molecule has 0 unspecified atom stereocenters. The van der Waals surface area contributed by atoms with Gasteiger partial charge in [-0.05, 0) is 12.1 Å². The van der Waals surface area contributed by atoms with Gasteiger partial charge in [-0.25, -0.2) is 9.18 Å². The molecule has 1 aliphatic carbocycles. The number of aromatic carboxylic acids is 1. The van der Waals surface area contributed by atoms with Gasteiger partial charge in [0, 0.05) is 18.7 Å². The van der Waals surface area contributed by atoms with Gasteiger partial charge in [-0.15, -0.1) is 0 Å². The van der Waals surface area contributed by atoms with E-state index in [1.54, 1.807) is 0 Å². The zero-order valence-corrected chi connectivity index (χ0v) is 10.9. The molecular formula is C14H9F3NO4. The van der Waals surface area contributed by atoms with Crippen molar-refractivity contribution in [3.05, 3.63) is 40.2 Å². The molecule has 22 heavy (non-hydrogen) atoms. The second kappa shape index (κ2) is 5.04. The average molecular weight is 312 g/mol. The van der Waals surface area contributed by atoms with E-state index in [1.165, 1.54) is 16.7 Å². The lowest BCUT2D eigenvalue weighted by molar-refractivity contribution is -0.0492. The van der Waals surface area contributed by atoms with Crippen LogP contribution in [0.25, 0.3) is 10.9 Å². The van der Waals surface area contributed by atoms with Crippen LogP contribution in [-0.2, 0) is 0 Å². The first-order valence-electron chi connectivity index (χ1n) is 6.32. The van der Waals surface area contributed by atoms with E-state index in [2.05, 4.69) is 10.8 Å². The Labute approximate surface area is 121 Å². The summed E-state index contributed by atoms with van der Waals surface area (Å²) < 4.78 is 43.8. The van der Waals surface area contributed by atoms with Gasteiger partial charge in [0.2, 0.25) is 5.43 Å². The zero-order chi connectivity index (χ0) is 16.0. The highest BCUT2D eigenvalue weighted by atomic mass is 19.3. The number of hydrogen-bond donors (Lipinski definition) is 1. The van der Waals surface area contributed by atoms with Crippen LogP contribution >= 0.6 is 0 Å². The number of carbonyl (C=O) groups is 1. The van der Waals surface area contributed by atoms with Crippen LogP contribution in [0.4, 0.5) is 13.2 Å². The number of halogens is 3. The number of aromatic nitrogens is 1. The normalized spacial score (nSPS) is 20.4. The van der Waals surface area contributed by atoms with Crippen LogP contribution in [0, 0.1) is 6.07 Å². The van der Waals surface area contributed by atoms with E-state index < -0.39 is 41.5 Å². The second-order valence-corrected chi connectivity index (χ2v) is 4.85. The summed E-state index contributed by atoms with van der Waals surface area (Å²) in [5, 5.41) is 8.94. The zero-order valence-electron chi connectivity index (χ0n) is 10.9. The maximum Gasteiger partial charge on any atom is 0.387 e. The Hall–Kier alpha value is -2.51. The third kappa shape index (κ3) is 2.30. The van der Waals surface area contributed by atoms with Crippen LogP contribution in [0.15, 0.2) is 23.1 Å². The first kappa shape index (κ1) is 14.4. The van der Waals surface area contributed by atoms with Gasteiger partial charge in [0.15, 0.2) is 5.75 Å². The molecule has 8 heteroatoms. The molecule has 1 aliphatic rings. The molecule has 1 fully saturated rings. The van der Waals surface area contributed by atoms with Gasteiger partial charge < -0.3 is 14.4 Å². The number of carboxylic acid groups (broad SMARTS) is 1. The monoisotopic (exact) mass is 312 g/mol. The van der Waals surface area contributed by atoms with Crippen LogP contribution in [0.1, 0.15) is 22.8 Å². The minimum atomic E-state index is -3.15. The molecule has 0 saturated heterocycles. The fourth-order valence-corrected chi connectivity index (χ4v) is 2.35. The summed E-state index contributed by atoms with van der Waals surface area (Å²) >= 11 is 0. The molecule has 2 aromatic rings. The standard InChI is InChI=1S/C14H9F3NO4/c15-8-4-9(8)18-5-7(13(20)21)12(19)6-2-1-3-10(11(6)18)22-14(16)17/h1-2,5,8-9,14H,4H2,(H,20,21)/t8-,9+/m0/s1. The van der Waals surface area contributed by atoms with Crippen molar-refractivity contribution in [1.29, 1.82) is 0 Å². The van der Waals surface area contributed by atoms with Crippen LogP contribution in [0.2, 0.25) is 0 Å². The number of carboxylic acids is 1. The molecule has 0 spiro atoms. The number of hydrogen-bond acceptors (Lipinski definition) is 3. The highest BCUT2D eigenvalue weighted by molar-refractivity contribution is 5.94. The van der Waals surface area contributed by atoms with Crippen LogP contribution in [-0.4, -0.2) is 28.4 Å². The molecule has 1 radical (unpaired) electrons. The van der Waals surface area contributed by atoms with E-state index >= 15 is 0 Å². The number of nitrogens with zero attached hydrogens (tertiary/aromatic N) is 1. The quantitative estimate of drug-likeness (QED) is 0.941. The van der Waals surface area contributed by atoms with Crippen molar-refractivity contribution in [2.24, 2.45) is 0 Å². The van der Waals surface area contributed by atoms with E-state index in [-0.39, 0.29) is 17.3 Å². The lowest BCUT2D eigenvalue weighted by Gasteiger charge is -2.15. The molecule has 5 nitrogen and oxygen atoms in total. The highest BCUT2D eigenvalue weighted by Gasteiger charge is 2.40. The Bertz CT molecular complexity index is 818. The van der Waals surface area contributed by atoms with Gasteiger partial charge in [0.05, 0.1) is 16.9 Å². The lowest BCUT2D eigenvalue weighted by atomic mass is 10.1. The van der Waals surface area contributed by atoms with Crippen LogP contribution in [0.5, 0.6) is 5.75 Å². The van der Waals surface area contributed by atoms with Gasteiger partial charge in [0.25, 0.3) is 0 Å². The van der Waals surface area contributed by atoms with E-state index in [9.17, 15) is 22.8 Å². The predicted octanol–water partition coefficient (Wildman–Crippen LogP) is 2.38. The topological polar surface area (TPSA) is 68.5 Å². The van der Waals surface area contributed by atoms with Crippen molar-refractivity contribution in [2.75, 3.05) is 0 Å². The van der Waals surface area contributed by atoms with Gasteiger partial charge in [0.1, 0.15) is 11.7 Å². The van der Waals surface area contributed by atoms with E-state index in [4.69, 9.17) is 5.11 Å². The predicted molar refractivity (Wildman–Crippen MR) is 69.2 cm³/mol. The Kier molecular flexibility index (Phi) is 3.31. The smallest absolute Gasteiger partial charge is 0.387 e. The van der Waals surface area contributed by atoms with Crippen molar-refractivity contribution in [3.63, 3.8) is 0 Å². The van der Waals surface area contributed by atoms with Crippen molar-refractivity contribution in [1.82, 2.24) is 4.57 Å². The van der Waals surface area contributed by atoms with Gasteiger partial charge in [-0.2, -0.15) is 8.78 Å². The fraction of sp³-hybridized carbons (Fsp3) is 0.286. The van der Waals surface area contributed by atoms with Crippen LogP contribution in [0.3, 0.4) is 0 Å². The molecule has 1 saturated carbocycles.